The number of aromatic nitrogens is 4. The molecule has 1 N–H and O–H groups in total. The molecular weight excluding hydrogens is 423 g/mol. The minimum atomic E-state index is -4.44. The van der Waals surface area contributed by atoms with Gasteiger partial charge in [0.15, 0.2) is 11.5 Å². The molecule has 7 nitrogen and oxygen atoms in total. The zero-order valence-electron chi connectivity index (χ0n) is 16.5. The molecule has 0 atom stereocenters. The van der Waals surface area contributed by atoms with E-state index < -0.39 is 17.3 Å². The fourth-order valence-corrected chi connectivity index (χ4v) is 3.02. The maximum Gasteiger partial charge on any atom is 0.416 e. The molecule has 0 saturated heterocycles. The van der Waals surface area contributed by atoms with Crippen molar-refractivity contribution in [3.05, 3.63) is 88.6 Å². The Morgan fingerprint density at radius 2 is 1.72 bits per heavy atom. The van der Waals surface area contributed by atoms with E-state index in [2.05, 4.69) is 20.3 Å². The van der Waals surface area contributed by atoms with Crippen LogP contribution in [0.2, 0.25) is 0 Å². The van der Waals surface area contributed by atoms with Crippen LogP contribution in [0.1, 0.15) is 11.1 Å². The van der Waals surface area contributed by atoms with Gasteiger partial charge in [-0.15, -0.1) is 0 Å². The lowest BCUT2D eigenvalue weighted by atomic mass is 10.1. The molecule has 2 heterocycles. The van der Waals surface area contributed by atoms with Crippen LogP contribution in [0, 0.1) is 0 Å². The molecule has 32 heavy (non-hydrogen) atoms. The topological polar surface area (TPSA) is 89.8 Å². The van der Waals surface area contributed by atoms with Crippen LogP contribution in [0.25, 0.3) is 22.4 Å². The lowest BCUT2D eigenvalue weighted by Gasteiger charge is -2.09. The molecule has 0 saturated carbocycles. The smallest absolute Gasteiger partial charge is 0.350 e. The number of hydrogen-bond donors (Lipinski definition) is 1. The summed E-state index contributed by atoms with van der Waals surface area (Å²) in [6, 6.07) is 13.7. The Balaban J connectivity index is 1.52. The van der Waals surface area contributed by atoms with Crippen molar-refractivity contribution in [2.24, 2.45) is 0 Å². The van der Waals surface area contributed by atoms with Gasteiger partial charge in [0.1, 0.15) is 18.3 Å². The van der Waals surface area contributed by atoms with Gasteiger partial charge in [0.2, 0.25) is 5.91 Å². The van der Waals surface area contributed by atoms with Gasteiger partial charge in [0, 0.05) is 18.3 Å². The first-order valence-corrected chi connectivity index (χ1v) is 9.52. The summed E-state index contributed by atoms with van der Waals surface area (Å²) in [6.07, 6.45) is -1.98. The van der Waals surface area contributed by atoms with Gasteiger partial charge in [-0.1, -0.05) is 42.5 Å². The van der Waals surface area contributed by atoms with Crippen molar-refractivity contribution in [3.63, 3.8) is 0 Å². The first kappa shape index (κ1) is 21.2. The maximum absolute atomic E-state index is 12.7. The van der Waals surface area contributed by atoms with E-state index in [4.69, 9.17) is 0 Å². The molecule has 4 rings (SSSR count). The van der Waals surface area contributed by atoms with E-state index in [0.29, 0.717) is 12.1 Å². The molecule has 4 aromatic rings. The van der Waals surface area contributed by atoms with Crippen molar-refractivity contribution in [1.82, 2.24) is 24.8 Å². The summed E-state index contributed by atoms with van der Waals surface area (Å²) in [5.74, 6) is -0.226. The van der Waals surface area contributed by atoms with Crippen molar-refractivity contribution in [2.45, 2.75) is 19.3 Å². The number of carbonyl (C=O) groups is 1. The Morgan fingerprint density at radius 1 is 1.00 bits per heavy atom. The van der Waals surface area contributed by atoms with Crippen LogP contribution in [-0.4, -0.2) is 25.4 Å². The second kappa shape index (κ2) is 8.58. The van der Waals surface area contributed by atoms with E-state index in [1.807, 2.05) is 30.3 Å². The van der Waals surface area contributed by atoms with Gasteiger partial charge in [-0.25, -0.2) is 15.0 Å². The van der Waals surface area contributed by atoms with Gasteiger partial charge < -0.3 is 5.32 Å². The predicted octanol–water partition coefficient (Wildman–Crippen LogP) is 3.19. The standard InChI is InChI=1S/C22H16F3N5O2/c23-22(24,25)16-8-6-15(7-9-16)19-27-11-17-20(29-19)28-13-30(21(17)32)12-18(31)26-10-14-4-2-1-3-5-14/h1-9,11,13H,10,12H2,(H,26,31). The zero-order valence-corrected chi connectivity index (χ0v) is 16.5. The Morgan fingerprint density at radius 3 is 2.41 bits per heavy atom. The van der Waals surface area contributed by atoms with Gasteiger partial charge in [-0.3, -0.25) is 14.2 Å². The second-order valence-electron chi connectivity index (χ2n) is 6.95. The van der Waals surface area contributed by atoms with E-state index in [-0.39, 0.29) is 29.3 Å². The molecule has 2 aromatic carbocycles. The number of nitrogens with one attached hydrogen (secondary N) is 1. The number of rotatable bonds is 5. The molecule has 0 unspecified atom stereocenters. The third kappa shape index (κ3) is 4.64. The molecule has 162 valence electrons. The monoisotopic (exact) mass is 439 g/mol. The Bertz CT molecular complexity index is 1320. The normalized spacial score (nSPS) is 11.5. The predicted molar refractivity (Wildman–Crippen MR) is 110 cm³/mol. The third-order valence-electron chi connectivity index (χ3n) is 4.70. The summed E-state index contributed by atoms with van der Waals surface area (Å²) in [5, 5.41) is 2.83. The minimum absolute atomic E-state index is 0.0841. The van der Waals surface area contributed by atoms with Crippen molar-refractivity contribution >= 4 is 16.9 Å². The summed E-state index contributed by atoms with van der Waals surface area (Å²) >= 11 is 0. The number of nitrogens with zero attached hydrogens (tertiary/aromatic N) is 4. The molecule has 0 fully saturated rings. The van der Waals surface area contributed by atoms with Crippen LogP contribution in [-0.2, 0) is 24.1 Å². The van der Waals surface area contributed by atoms with Crippen LogP contribution >= 0.6 is 0 Å². The average molecular weight is 439 g/mol. The molecule has 0 radical (unpaired) electrons. The quantitative estimate of drug-likeness (QED) is 0.516. The van der Waals surface area contributed by atoms with Crippen LogP contribution in [0.4, 0.5) is 13.2 Å². The molecule has 0 aliphatic rings. The Kier molecular flexibility index (Phi) is 5.67. The van der Waals surface area contributed by atoms with Crippen LogP contribution < -0.4 is 10.9 Å². The van der Waals surface area contributed by atoms with Gasteiger partial charge in [0.25, 0.3) is 5.56 Å². The first-order valence-electron chi connectivity index (χ1n) is 9.52. The second-order valence-corrected chi connectivity index (χ2v) is 6.95. The first-order chi connectivity index (χ1) is 15.3. The van der Waals surface area contributed by atoms with E-state index in [0.717, 1.165) is 22.3 Å². The van der Waals surface area contributed by atoms with E-state index in [1.54, 1.807) is 0 Å². The van der Waals surface area contributed by atoms with Gasteiger partial charge in [-0.05, 0) is 17.7 Å². The fraction of sp³-hybridized carbons (Fsp3) is 0.136. The summed E-state index contributed by atoms with van der Waals surface area (Å²) in [6.45, 7) is 0.101. The average Bonchev–Trinajstić information content (AvgIpc) is 2.79. The third-order valence-corrected chi connectivity index (χ3v) is 4.70. The number of carbonyl (C=O) groups excluding carboxylic acids is 1. The van der Waals surface area contributed by atoms with Gasteiger partial charge in [0.05, 0.1) is 5.56 Å². The van der Waals surface area contributed by atoms with Crippen LogP contribution in [0.3, 0.4) is 0 Å². The summed E-state index contributed by atoms with van der Waals surface area (Å²) in [5.41, 5.74) is 0.0819. The highest BCUT2D eigenvalue weighted by Crippen LogP contribution is 2.30. The highest BCUT2D eigenvalue weighted by molar-refractivity contribution is 5.77. The van der Waals surface area contributed by atoms with Gasteiger partial charge in [-0.2, -0.15) is 13.2 Å². The van der Waals surface area contributed by atoms with E-state index in [1.165, 1.54) is 24.7 Å². The van der Waals surface area contributed by atoms with Gasteiger partial charge >= 0.3 is 6.18 Å². The highest BCUT2D eigenvalue weighted by Gasteiger charge is 2.30. The lowest BCUT2D eigenvalue weighted by molar-refractivity contribution is -0.137. The molecule has 0 aliphatic heterocycles. The molecule has 1 amide bonds. The van der Waals surface area contributed by atoms with Crippen molar-refractivity contribution in [3.8, 4) is 11.4 Å². The van der Waals surface area contributed by atoms with E-state index >= 15 is 0 Å². The molecule has 0 bridgehead atoms. The molecule has 2 aromatic heterocycles. The lowest BCUT2D eigenvalue weighted by Crippen LogP contribution is -2.32. The molecular formula is C22H16F3N5O2. The van der Waals surface area contributed by atoms with Crippen LogP contribution in [0.15, 0.2) is 71.9 Å². The van der Waals surface area contributed by atoms with Crippen molar-refractivity contribution in [1.29, 1.82) is 0 Å². The SMILES string of the molecule is O=C(Cn1cnc2nc(-c3ccc(C(F)(F)F)cc3)ncc2c1=O)NCc1ccccc1. The molecule has 0 aliphatic carbocycles. The minimum Gasteiger partial charge on any atom is -0.350 e. The number of benzene rings is 2. The summed E-state index contributed by atoms with van der Waals surface area (Å²) in [4.78, 5) is 37.2. The van der Waals surface area contributed by atoms with Crippen LogP contribution in [0.5, 0.6) is 0 Å². The Labute approximate surface area is 179 Å². The van der Waals surface area contributed by atoms with E-state index in [9.17, 15) is 22.8 Å². The molecule has 0 spiro atoms. The summed E-state index contributed by atoms with van der Waals surface area (Å²) < 4.78 is 39.3. The number of hydrogen-bond acceptors (Lipinski definition) is 5. The molecule has 10 heteroatoms. The van der Waals surface area contributed by atoms with Crippen molar-refractivity contribution in [2.75, 3.05) is 0 Å². The Hall–Kier alpha value is -4.08. The maximum atomic E-state index is 12.7. The number of amides is 1. The van der Waals surface area contributed by atoms with Crippen molar-refractivity contribution < 1.29 is 18.0 Å². The summed E-state index contributed by atoms with van der Waals surface area (Å²) in [7, 11) is 0. The highest BCUT2D eigenvalue weighted by atomic mass is 19.4. The number of halogens is 3. The largest absolute Gasteiger partial charge is 0.416 e. The zero-order chi connectivity index (χ0) is 22.7. The number of alkyl halides is 3. The number of fused-ring (bicyclic) bond motifs is 1. The fourth-order valence-electron chi connectivity index (χ4n) is 3.02.